The van der Waals surface area contributed by atoms with Gasteiger partial charge < -0.3 is 5.11 Å². The fourth-order valence-electron chi connectivity index (χ4n) is 1.51. The van der Waals surface area contributed by atoms with Crippen LogP contribution in [0.3, 0.4) is 0 Å². The van der Waals surface area contributed by atoms with E-state index in [9.17, 15) is 4.79 Å². The van der Waals surface area contributed by atoms with Gasteiger partial charge in [0.25, 0.3) is 0 Å². The lowest BCUT2D eigenvalue weighted by atomic mass is 10.2. The molecule has 0 saturated heterocycles. The van der Waals surface area contributed by atoms with Crippen LogP contribution in [0, 0.1) is 0 Å². The van der Waals surface area contributed by atoms with Crippen LogP contribution in [-0.4, -0.2) is 17.3 Å². The van der Waals surface area contributed by atoms with Crippen molar-refractivity contribution in [1.82, 2.24) is 0 Å². The predicted octanol–water partition coefficient (Wildman–Crippen LogP) is 4.25. The molecular formula is C14H10BrClN2O2. The smallest absolute Gasteiger partial charge is 0.337 e. The van der Waals surface area contributed by atoms with Gasteiger partial charge in [0.15, 0.2) is 0 Å². The molecule has 0 spiro atoms. The molecule has 2 aromatic carbocycles. The van der Waals surface area contributed by atoms with Crippen molar-refractivity contribution in [3.63, 3.8) is 0 Å². The number of rotatable bonds is 4. The summed E-state index contributed by atoms with van der Waals surface area (Å²) in [5, 5.41) is 13.2. The Morgan fingerprint density at radius 1 is 1.30 bits per heavy atom. The number of carboxylic acid groups (broad SMARTS) is 1. The van der Waals surface area contributed by atoms with Crippen LogP contribution in [0.15, 0.2) is 52.0 Å². The largest absolute Gasteiger partial charge is 0.478 e. The van der Waals surface area contributed by atoms with Gasteiger partial charge in [-0.15, -0.1) is 0 Å². The van der Waals surface area contributed by atoms with E-state index in [0.717, 1.165) is 10.0 Å². The molecule has 2 N–H and O–H groups in total. The molecule has 2 aromatic rings. The molecule has 0 unspecified atom stereocenters. The molecule has 4 nitrogen and oxygen atoms in total. The Bertz CT molecular complexity index is 674. The summed E-state index contributed by atoms with van der Waals surface area (Å²) in [5.41, 5.74) is 4.27. The number of hydrazone groups is 1. The quantitative estimate of drug-likeness (QED) is 0.638. The van der Waals surface area contributed by atoms with Crippen molar-refractivity contribution in [3.8, 4) is 0 Å². The molecule has 0 aliphatic rings. The topological polar surface area (TPSA) is 61.7 Å². The standard InChI is InChI=1S/C14H10BrClN2O2/c15-12-4-2-1-3-9(12)8-17-18-10-5-6-13(16)11(7-10)14(19)20/h1-8,18H,(H,19,20)/b17-8+. The normalized spacial score (nSPS) is 10.7. The number of aromatic carboxylic acids is 1. The van der Waals surface area contributed by atoms with E-state index >= 15 is 0 Å². The monoisotopic (exact) mass is 352 g/mol. The van der Waals surface area contributed by atoms with Gasteiger partial charge in [-0.1, -0.05) is 45.7 Å². The Morgan fingerprint density at radius 3 is 2.75 bits per heavy atom. The highest BCUT2D eigenvalue weighted by molar-refractivity contribution is 9.10. The molecule has 0 fully saturated rings. The van der Waals surface area contributed by atoms with Crippen molar-refractivity contribution in [2.45, 2.75) is 0 Å². The van der Waals surface area contributed by atoms with E-state index in [-0.39, 0.29) is 10.6 Å². The van der Waals surface area contributed by atoms with E-state index in [4.69, 9.17) is 16.7 Å². The first kappa shape index (κ1) is 14.6. The highest BCUT2D eigenvalue weighted by Crippen LogP contribution is 2.20. The van der Waals surface area contributed by atoms with Crippen LogP contribution in [0.25, 0.3) is 0 Å². The minimum Gasteiger partial charge on any atom is -0.478 e. The highest BCUT2D eigenvalue weighted by Gasteiger charge is 2.08. The summed E-state index contributed by atoms with van der Waals surface area (Å²) in [6.45, 7) is 0. The number of carbonyl (C=O) groups is 1. The molecule has 102 valence electrons. The molecule has 0 saturated carbocycles. The highest BCUT2D eigenvalue weighted by atomic mass is 79.9. The summed E-state index contributed by atoms with van der Waals surface area (Å²) in [4.78, 5) is 11.0. The SMILES string of the molecule is O=C(O)c1cc(N/N=C/c2ccccc2Br)ccc1Cl. The first-order valence-corrected chi connectivity index (χ1v) is 6.81. The lowest BCUT2D eigenvalue weighted by Crippen LogP contribution is -1.99. The molecule has 20 heavy (non-hydrogen) atoms. The summed E-state index contributed by atoms with van der Waals surface area (Å²) in [5.74, 6) is -1.08. The summed E-state index contributed by atoms with van der Waals surface area (Å²) in [6.07, 6.45) is 1.64. The van der Waals surface area contributed by atoms with Crippen molar-refractivity contribution < 1.29 is 9.90 Å². The Morgan fingerprint density at radius 2 is 2.05 bits per heavy atom. The van der Waals surface area contributed by atoms with E-state index in [1.165, 1.54) is 12.1 Å². The maximum Gasteiger partial charge on any atom is 0.337 e. The van der Waals surface area contributed by atoms with Crippen molar-refractivity contribution in [1.29, 1.82) is 0 Å². The van der Waals surface area contributed by atoms with Crippen LogP contribution in [0.2, 0.25) is 5.02 Å². The first-order chi connectivity index (χ1) is 9.58. The molecule has 0 radical (unpaired) electrons. The van der Waals surface area contributed by atoms with Gasteiger partial charge in [-0.3, -0.25) is 5.43 Å². The van der Waals surface area contributed by atoms with Gasteiger partial charge >= 0.3 is 5.97 Å². The number of hydrogen-bond donors (Lipinski definition) is 2. The van der Waals surface area contributed by atoms with Gasteiger partial charge in [0.05, 0.1) is 22.5 Å². The summed E-state index contributed by atoms with van der Waals surface area (Å²) in [7, 11) is 0. The number of nitrogens with one attached hydrogen (secondary N) is 1. The van der Waals surface area contributed by atoms with E-state index in [1.54, 1.807) is 12.3 Å². The van der Waals surface area contributed by atoms with Gasteiger partial charge in [-0.2, -0.15) is 5.10 Å². The molecule has 0 atom stereocenters. The third-order valence-electron chi connectivity index (χ3n) is 2.50. The van der Waals surface area contributed by atoms with Crippen molar-refractivity contribution in [3.05, 3.63) is 63.1 Å². The molecule has 0 aliphatic heterocycles. The van der Waals surface area contributed by atoms with Gasteiger partial charge in [-0.05, 0) is 24.3 Å². The minimum atomic E-state index is -1.08. The first-order valence-electron chi connectivity index (χ1n) is 5.64. The van der Waals surface area contributed by atoms with Crippen LogP contribution >= 0.6 is 27.5 Å². The molecule has 0 heterocycles. The second-order valence-corrected chi connectivity index (χ2v) is 5.15. The van der Waals surface area contributed by atoms with Gasteiger partial charge in [-0.25, -0.2) is 4.79 Å². The zero-order valence-corrected chi connectivity index (χ0v) is 12.5. The van der Waals surface area contributed by atoms with Crippen molar-refractivity contribution in [2.24, 2.45) is 5.10 Å². The van der Waals surface area contributed by atoms with Crippen LogP contribution in [-0.2, 0) is 0 Å². The number of carboxylic acids is 1. The Labute approximate surface area is 129 Å². The zero-order valence-electron chi connectivity index (χ0n) is 10.2. The Hall–Kier alpha value is -1.85. The third kappa shape index (κ3) is 3.59. The average molecular weight is 354 g/mol. The van der Waals surface area contributed by atoms with Crippen LogP contribution in [0.5, 0.6) is 0 Å². The summed E-state index contributed by atoms with van der Waals surface area (Å²) >= 11 is 9.20. The molecular weight excluding hydrogens is 344 g/mol. The average Bonchev–Trinajstić information content (AvgIpc) is 2.42. The maximum atomic E-state index is 11.0. The summed E-state index contributed by atoms with van der Waals surface area (Å²) < 4.78 is 0.924. The fraction of sp³-hybridized carbons (Fsp3) is 0. The van der Waals surface area contributed by atoms with E-state index in [0.29, 0.717) is 5.69 Å². The molecule has 6 heteroatoms. The van der Waals surface area contributed by atoms with Crippen molar-refractivity contribution >= 4 is 45.4 Å². The van der Waals surface area contributed by atoms with Crippen molar-refractivity contribution in [2.75, 3.05) is 5.43 Å². The summed E-state index contributed by atoms with van der Waals surface area (Å²) in [6, 6.07) is 12.2. The van der Waals surface area contributed by atoms with Gasteiger partial charge in [0.2, 0.25) is 0 Å². The van der Waals surface area contributed by atoms with Gasteiger partial charge in [0.1, 0.15) is 0 Å². The minimum absolute atomic E-state index is 0.0350. The van der Waals surface area contributed by atoms with E-state index < -0.39 is 5.97 Å². The van der Waals surface area contributed by atoms with E-state index in [2.05, 4.69) is 26.5 Å². The number of halogens is 2. The Kier molecular flexibility index (Phi) is 4.76. The van der Waals surface area contributed by atoms with Crippen LogP contribution in [0.4, 0.5) is 5.69 Å². The molecule has 0 bridgehead atoms. The van der Waals surface area contributed by atoms with E-state index in [1.807, 2.05) is 24.3 Å². The molecule has 2 rings (SSSR count). The molecule has 0 aromatic heterocycles. The fourth-order valence-corrected chi connectivity index (χ4v) is 2.10. The second-order valence-electron chi connectivity index (χ2n) is 3.89. The number of nitrogens with zero attached hydrogens (tertiary/aromatic N) is 1. The maximum absolute atomic E-state index is 11.0. The molecule has 0 aliphatic carbocycles. The predicted molar refractivity (Wildman–Crippen MR) is 83.8 cm³/mol. The zero-order chi connectivity index (χ0) is 14.5. The lowest BCUT2D eigenvalue weighted by Gasteiger charge is -2.04. The van der Waals surface area contributed by atoms with Crippen LogP contribution < -0.4 is 5.43 Å². The van der Waals surface area contributed by atoms with Gasteiger partial charge in [0, 0.05) is 10.0 Å². The Balaban J connectivity index is 2.14. The number of anilines is 1. The number of benzene rings is 2. The third-order valence-corrected chi connectivity index (χ3v) is 3.55. The second kappa shape index (κ2) is 6.54. The number of hydrogen-bond acceptors (Lipinski definition) is 3. The lowest BCUT2D eigenvalue weighted by molar-refractivity contribution is 0.0697. The van der Waals surface area contributed by atoms with Crippen LogP contribution in [0.1, 0.15) is 15.9 Å². The molecule has 0 amide bonds.